The molecular weight excluding hydrogens is 354 g/mol. The highest BCUT2D eigenvalue weighted by molar-refractivity contribution is 7.09. The van der Waals surface area contributed by atoms with Crippen molar-refractivity contribution in [1.82, 2.24) is 9.80 Å². The van der Waals surface area contributed by atoms with Gasteiger partial charge in [0.25, 0.3) is 0 Å². The molecule has 1 saturated heterocycles. The molecule has 1 aliphatic heterocycles. The van der Waals surface area contributed by atoms with Crippen molar-refractivity contribution in [3.63, 3.8) is 0 Å². The Balaban J connectivity index is 1.40. The van der Waals surface area contributed by atoms with E-state index in [9.17, 15) is 4.79 Å². The fraction of sp³-hybridized carbons (Fsp3) is 0.421. The molecule has 2 heterocycles. The topological polar surface area (TPSA) is 35.6 Å². The van der Waals surface area contributed by atoms with Crippen LogP contribution in [0, 0.1) is 6.92 Å². The Morgan fingerprint density at radius 3 is 2.64 bits per heavy atom. The highest BCUT2D eigenvalue weighted by Crippen LogP contribution is 2.22. The van der Waals surface area contributed by atoms with E-state index in [4.69, 9.17) is 11.6 Å². The quantitative estimate of drug-likeness (QED) is 0.836. The van der Waals surface area contributed by atoms with E-state index in [1.807, 2.05) is 36.5 Å². The minimum Gasteiger partial charge on any atom is -0.324 e. The summed E-state index contributed by atoms with van der Waals surface area (Å²) in [5, 5.41) is 5.64. The lowest BCUT2D eigenvalue weighted by atomic mass is 10.2. The lowest BCUT2D eigenvalue weighted by Crippen LogP contribution is -2.49. The van der Waals surface area contributed by atoms with Crippen LogP contribution in [0.4, 0.5) is 5.69 Å². The first-order chi connectivity index (χ1) is 12.1. The van der Waals surface area contributed by atoms with Gasteiger partial charge in [0.15, 0.2) is 0 Å². The van der Waals surface area contributed by atoms with Crippen molar-refractivity contribution in [2.75, 3.05) is 44.6 Å². The van der Waals surface area contributed by atoms with Gasteiger partial charge < -0.3 is 10.2 Å². The highest BCUT2D eigenvalue weighted by Gasteiger charge is 2.19. The van der Waals surface area contributed by atoms with Gasteiger partial charge in [-0.05, 0) is 42.5 Å². The molecule has 134 valence electrons. The fourth-order valence-electron chi connectivity index (χ4n) is 3.01. The fourth-order valence-corrected chi connectivity index (χ4v) is 3.99. The van der Waals surface area contributed by atoms with Gasteiger partial charge >= 0.3 is 0 Å². The Kier molecular flexibility index (Phi) is 6.48. The van der Waals surface area contributed by atoms with Crippen molar-refractivity contribution >= 4 is 34.5 Å². The van der Waals surface area contributed by atoms with Crippen molar-refractivity contribution in [2.45, 2.75) is 13.3 Å². The largest absolute Gasteiger partial charge is 0.324 e. The second-order valence-electron chi connectivity index (χ2n) is 6.48. The van der Waals surface area contributed by atoms with Gasteiger partial charge in [-0.1, -0.05) is 23.7 Å². The Morgan fingerprint density at radius 2 is 1.96 bits per heavy atom. The molecule has 1 aromatic carbocycles. The predicted octanol–water partition coefficient (Wildman–Crippen LogP) is 3.51. The molecule has 1 N–H and O–H groups in total. The van der Waals surface area contributed by atoms with Gasteiger partial charge in [-0.15, -0.1) is 11.3 Å². The Labute approximate surface area is 158 Å². The average molecular weight is 378 g/mol. The van der Waals surface area contributed by atoms with E-state index in [1.54, 1.807) is 0 Å². The van der Waals surface area contributed by atoms with E-state index in [0.29, 0.717) is 17.3 Å². The summed E-state index contributed by atoms with van der Waals surface area (Å²) < 4.78 is 0. The van der Waals surface area contributed by atoms with E-state index < -0.39 is 0 Å². The summed E-state index contributed by atoms with van der Waals surface area (Å²) in [6.07, 6.45) is 1.12. The number of nitrogens with zero attached hydrogens (tertiary/aromatic N) is 2. The van der Waals surface area contributed by atoms with Crippen molar-refractivity contribution in [3.8, 4) is 0 Å². The van der Waals surface area contributed by atoms with E-state index in [-0.39, 0.29) is 5.91 Å². The summed E-state index contributed by atoms with van der Waals surface area (Å²) in [6, 6.07) is 9.98. The number of hydrogen-bond donors (Lipinski definition) is 1. The van der Waals surface area contributed by atoms with Crippen LogP contribution in [-0.2, 0) is 11.2 Å². The molecule has 1 aromatic heterocycles. The lowest BCUT2D eigenvalue weighted by Gasteiger charge is -2.34. The van der Waals surface area contributed by atoms with Crippen molar-refractivity contribution in [2.24, 2.45) is 0 Å². The molecule has 1 fully saturated rings. The molecule has 0 radical (unpaired) electrons. The number of hydrogen-bond acceptors (Lipinski definition) is 4. The average Bonchev–Trinajstić information content (AvgIpc) is 3.10. The third-order valence-corrected chi connectivity index (χ3v) is 5.73. The maximum absolute atomic E-state index is 12.3. The van der Waals surface area contributed by atoms with Crippen LogP contribution in [-0.4, -0.2) is 55.0 Å². The van der Waals surface area contributed by atoms with Gasteiger partial charge in [0.2, 0.25) is 5.91 Å². The number of carbonyl (C=O) groups is 1. The minimum absolute atomic E-state index is 0.00205. The standard InChI is InChI=1S/C19H24ClN3OS/c1-15-4-5-18(17(20)13-15)21-19(24)14-23-10-8-22(9-11-23)7-6-16-3-2-12-25-16/h2-5,12-13H,6-11,14H2,1H3,(H,21,24). The normalized spacial score (nSPS) is 16.1. The highest BCUT2D eigenvalue weighted by atomic mass is 35.5. The summed E-state index contributed by atoms with van der Waals surface area (Å²) >= 11 is 8.00. The molecule has 3 rings (SSSR count). The summed E-state index contributed by atoms with van der Waals surface area (Å²) in [5.41, 5.74) is 1.77. The van der Waals surface area contributed by atoms with E-state index >= 15 is 0 Å². The summed E-state index contributed by atoms with van der Waals surface area (Å²) in [5.74, 6) is -0.00205. The zero-order valence-electron chi connectivity index (χ0n) is 14.5. The van der Waals surface area contributed by atoms with Crippen LogP contribution in [0.2, 0.25) is 5.02 Å². The summed E-state index contributed by atoms with van der Waals surface area (Å²) in [6.45, 7) is 7.39. The second-order valence-corrected chi connectivity index (χ2v) is 7.92. The van der Waals surface area contributed by atoms with Crippen LogP contribution in [0.3, 0.4) is 0 Å². The number of piperazine rings is 1. The monoisotopic (exact) mass is 377 g/mol. The van der Waals surface area contributed by atoms with Crippen molar-refractivity contribution < 1.29 is 4.79 Å². The first kappa shape index (κ1) is 18.4. The number of anilines is 1. The smallest absolute Gasteiger partial charge is 0.238 e. The molecule has 25 heavy (non-hydrogen) atoms. The van der Waals surface area contributed by atoms with Crippen molar-refractivity contribution in [1.29, 1.82) is 0 Å². The molecule has 0 aliphatic carbocycles. The molecule has 2 aromatic rings. The van der Waals surface area contributed by atoms with E-state index in [2.05, 4.69) is 32.6 Å². The molecule has 0 bridgehead atoms. The Bertz CT molecular complexity index is 697. The number of amides is 1. The van der Waals surface area contributed by atoms with Crippen LogP contribution in [0.25, 0.3) is 0 Å². The van der Waals surface area contributed by atoms with Crippen LogP contribution in [0.15, 0.2) is 35.7 Å². The van der Waals surface area contributed by atoms with E-state index in [1.165, 1.54) is 4.88 Å². The maximum Gasteiger partial charge on any atom is 0.238 e. The van der Waals surface area contributed by atoms with Crippen molar-refractivity contribution in [3.05, 3.63) is 51.2 Å². The molecule has 1 aliphatic rings. The zero-order valence-corrected chi connectivity index (χ0v) is 16.1. The summed E-state index contributed by atoms with van der Waals surface area (Å²) in [7, 11) is 0. The first-order valence-electron chi connectivity index (χ1n) is 8.63. The van der Waals surface area contributed by atoms with Crippen LogP contribution in [0.5, 0.6) is 0 Å². The predicted molar refractivity (Wildman–Crippen MR) is 106 cm³/mol. The van der Waals surface area contributed by atoms with Gasteiger partial charge in [-0.2, -0.15) is 0 Å². The van der Waals surface area contributed by atoms with Gasteiger partial charge in [-0.25, -0.2) is 0 Å². The third kappa shape index (κ3) is 5.54. The molecule has 1 amide bonds. The SMILES string of the molecule is Cc1ccc(NC(=O)CN2CCN(CCc3cccs3)CC2)c(Cl)c1. The van der Waals surface area contributed by atoms with Crippen LogP contribution < -0.4 is 5.32 Å². The number of thiophene rings is 1. The molecular formula is C19H24ClN3OS. The third-order valence-electron chi connectivity index (χ3n) is 4.49. The number of nitrogens with one attached hydrogen (secondary N) is 1. The lowest BCUT2D eigenvalue weighted by molar-refractivity contribution is -0.117. The zero-order chi connectivity index (χ0) is 17.6. The number of benzene rings is 1. The van der Waals surface area contributed by atoms with Crippen LogP contribution in [0.1, 0.15) is 10.4 Å². The summed E-state index contributed by atoms with van der Waals surface area (Å²) in [4.78, 5) is 18.4. The molecule has 0 unspecified atom stereocenters. The first-order valence-corrected chi connectivity index (χ1v) is 9.89. The second kappa shape index (κ2) is 8.81. The van der Waals surface area contributed by atoms with Gasteiger partial charge in [0, 0.05) is 37.6 Å². The maximum atomic E-state index is 12.3. The van der Waals surface area contributed by atoms with Crippen LogP contribution >= 0.6 is 22.9 Å². The molecule has 6 heteroatoms. The van der Waals surface area contributed by atoms with Gasteiger partial charge in [0.1, 0.15) is 0 Å². The molecule has 4 nitrogen and oxygen atoms in total. The minimum atomic E-state index is -0.00205. The molecule has 0 atom stereocenters. The molecule has 0 spiro atoms. The Hall–Kier alpha value is -1.40. The number of aryl methyl sites for hydroxylation is 1. The molecule has 0 saturated carbocycles. The Morgan fingerprint density at radius 1 is 1.20 bits per heavy atom. The van der Waals surface area contributed by atoms with E-state index in [0.717, 1.165) is 44.7 Å². The number of rotatable bonds is 6. The number of halogens is 1. The number of carbonyl (C=O) groups excluding carboxylic acids is 1. The van der Waals surface area contributed by atoms with Gasteiger partial charge in [0.05, 0.1) is 17.3 Å². The van der Waals surface area contributed by atoms with Gasteiger partial charge in [-0.3, -0.25) is 9.69 Å².